The summed E-state index contributed by atoms with van der Waals surface area (Å²) in [5.74, 6) is -1.57. The Morgan fingerprint density at radius 2 is 2.17 bits per heavy atom. The normalized spacial score (nSPS) is 18.9. The van der Waals surface area contributed by atoms with Crippen LogP contribution in [0.1, 0.15) is 6.42 Å². The number of aliphatic carboxylic acids is 1. The second-order valence-electron chi connectivity index (χ2n) is 4.33. The van der Waals surface area contributed by atoms with Crippen molar-refractivity contribution in [1.29, 1.82) is 0 Å². The van der Waals surface area contributed by atoms with Crippen molar-refractivity contribution in [3.05, 3.63) is 34.7 Å². The first kappa shape index (κ1) is 12.3. The molecule has 2 rings (SSSR count). The summed E-state index contributed by atoms with van der Waals surface area (Å²) in [6, 6.07) is 4.68. The molecule has 0 saturated carbocycles. The second kappa shape index (κ2) is 5.03. The fourth-order valence-electron chi connectivity index (χ4n) is 2.03. The number of carbonyl (C=O) groups is 2. The molecule has 1 aromatic heterocycles. The molecule has 1 amide bonds. The molecule has 1 fully saturated rings. The van der Waals surface area contributed by atoms with E-state index in [0.717, 1.165) is 0 Å². The van der Waals surface area contributed by atoms with Gasteiger partial charge in [0.1, 0.15) is 6.54 Å². The van der Waals surface area contributed by atoms with E-state index in [1.165, 1.54) is 15.5 Å². The monoisotopic (exact) mass is 250 g/mol. The highest BCUT2D eigenvalue weighted by Gasteiger charge is 2.30. The molecule has 18 heavy (non-hydrogen) atoms. The lowest BCUT2D eigenvalue weighted by atomic mass is 10.1. The number of likely N-dealkylation sites (tertiary alicyclic amines) is 1. The zero-order valence-electron chi connectivity index (χ0n) is 9.78. The minimum absolute atomic E-state index is 0.0357. The number of hydrogen-bond donors (Lipinski definition) is 1. The fourth-order valence-corrected chi connectivity index (χ4v) is 2.03. The average Bonchev–Trinajstić information content (AvgIpc) is 2.81. The van der Waals surface area contributed by atoms with Crippen LogP contribution >= 0.6 is 0 Å². The van der Waals surface area contributed by atoms with E-state index < -0.39 is 11.9 Å². The van der Waals surface area contributed by atoms with Crippen molar-refractivity contribution >= 4 is 11.9 Å². The third-order valence-electron chi connectivity index (χ3n) is 3.09. The number of nitrogens with zero attached hydrogens (tertiary/aromatic N) is 2. The predicted molar refractivity (Wildman–Crippen MR) is 63.0 cm³/mol. The third-order valence-corrected chi connectivity index (χ3v) is 3.09. The van der Waals surface area contributed by atoms with Crippen LogP contribution < -0.4 is 5.56 Å². The summed E-state index contributed by atoms with van der Waals surface area (Å²) < 4.78 is 1.32. The number of rotatable bonds is 3. The third kappa shape index (κ3) is 2.58. The molecule has 1 aromatic rings. The van der Waals surface area contributed by atoms with Gasteiger partial charge < -0.3 is 14.6 Å². The van der Waals surface area contributed by atoms with E-state index in [4.69, 9.17) is 5.11 Å². The van der Waals surface area contributed by atoms with Crippen molar-refractivity contribution < 1.29 is 14.7 Å². The molecule has 1 aliphatic rings. The summed E-state index contributed by atoms with van der Waals surface area (Å²) in [7, 11) is 0. The molecule has 1 aliphatic heterocycles. The molecule has 0 spiro atoms. The van der Waals surface area contributed by atoms with Crippen LogP contribution in [0.4, 0.5) is 0 Å². The second-order valence-corrected chi connectivity index (χ2v) is 4.33. The van der Waals surface area contributed by atoms with Gasteiger partial charge in [-0.05, 0) is 12.5 Å². The van der Waals surface area contributed by atoms with Gasteiger partial charge in [0.25, 0.3) is 5.56 Å². The highest BCUT2D eigenvalue weighted by atomic mass is 16.4. The first-order valence-corrected chi connectivity index (χ1v) is 5.74. The van der Waals surface area contributed by atoms with Gasteiger partial charge in [-0.1, -0.05) is 6.07 Å². The van der Waals surface area contributed by atoms with Crippen LogP contribution in [0, 0.1) is 5.92 Å². The summed E-state index contributed by atoms with van der Waals surface area (Å²) in [4.78, 5) is 35.6. The molecule has 96 valence electrons. The first-order chi connectivity index (χ1) is 8.58. The van der Waals surface area contributed by atoms with E-state index in [-0.39, 0.29) is 24.6 Å². The first-order valence-electron chi connectivity index (χ1n) is 5.74. The molecular formula is C12H14N2O4. The molecule has 6 nitrogen and oxygen atoms in total. The maximum Gasteiger partial charge on any atom is 0.308 e. The lowest BCUT2D eigenvalue weighted by Gasteiger charge is -2.16. The van der Waals surface area contributed by atoms with Gasteiger partial charge in [0.05, 0.1) is 5.92 Å². The SMILES string of the molecule is O=C(O)[C@H]1CCN(C(=O)Cn2ccccc2=O)C1. The van der Waals surface area contributed by atoms with Crippen LogP contribution in [0.2, 0.25) is 0 Å². The van der Waals surface area contributed by atoms with Crippen LogP contribution in [0.3, 0.4) is 0 Å². The molecule has 1 N–H and O–H groups in total. The number of pyridine rings is 1. The Morgan fingerprint density at radius 3 is 2.78 bits per heavy atom. The number of carbonyl (C=O) groups excluding carboxylic acids is 1. The largest absolute Gasteiger partial charge is 0.481 e. The molecular weight excluding hydrogens is 236 g/mol. The molecule has 0 aliphatic carbocycles. The molecule has 0 bridgehead atoms. The van der Waals surface area contributed by atoms with Gasteiger partial charge in [-0.3, -0.25) is 14.4 Å². The Kier molecular flexibility index (Phi) is 3.45. The smallest absolute Gasteiger partial charge is 0.308 e. The van der Waals surface area contributed by atoms with Crippen molar-refractivity contribution in [2.45, 2.75) is 13.0 Å². The quantitative estimate of drug-likeness (QED) is 0.804. The van der Waals surface area contributed by atoms with Crippen LogP contribution in [0.15, 0.2) is 29.2 Å². The Hall–Kier alpha value is -2.11. The minimum Gasteiger partial charge on any atom is -0.481 e. The highest BCUT2D eigenvalue weighted by molar-refractivity contribution is 5.78. The van der Waals surface area contributed by atoms with Crippen LogP contribution in [-0.4, -0.2) is 39.5 Å². The van der Waals surface area contributed by atoms with Crippen molar-refractivity contribution in [2.24, 2.45) is 5.92 Å². The number of hydrogen-bond acceptors (Lipinski definition) is 3. The van der Waals surface area contributed by atoms with E-state index in [2.05, 4.69) is 0 Å². The van der Waals surface area contributed by atoms with E-state index >= 15 is 0 Å². The van der Waals surface area contributed by atoms with E-state index in [9.17, 15) is 14.4 Å². The maximum atomic E-state index is 11.9. The van der Waals surface area contributed by atoms with Crippen molar-refractivity contribution in [3.63, 3.8) is 0 Å². The zero-order valence-corrected chi connectivity index (χ0v) is 9.78. The number of carboxylic acid groups (broad SMARTS) is 1. The van der Waals surface area contributed by atoms with Gasteiger partial charge in [0.2, 0.25) is 5.91 Å². The fraction of sp³-hybridized carbons (Fsp3) is 0.417. The van der Waals surface area contributed by atoms with E-state index in [0.29, 0.717) is 13.0 Å². The van der Waals surface area contributed by atoms with Crippen molar-refractivity contribution in [2.75, 3.05) is 13.1 Å². The number of amides is 1. The van der Waals surface area contributed by atoms with E-state index in [1.807, 2.05) is 0 Å². The zero-order chi connectivity index (χ0) is 13.1. The van der Waals surface area contributed by atoms with Gasteiger partial charge in [0, 0.05) is 25.4 Å². The molecule has 2 heterocycles. The average molecular weight is 250 g/mol. The summed E-state index contributed by atoms with van der Waals surface area (Å²) in [6.07, 6.45) is 2.02. The minimum atomic E-state index is -0.873. The van der Waals surface area contributed by atoms with E-state index in [1.54, 1.807) is 18.3 Å². The lowest BCUT2D eigenvalue weighted by Crippen LogP contribution is -2.35. The van der Waals surface area contributed by atoms with Gasteiger partial charge >= 0.3 is 5.97 Å². The van der Waals surface area contributed by atoms with Gasteiger partial charge in [-0.15, -0.1) is 0 Å². The molecule has 0 unspecified atom stereocenters. The van der Waals surface area contributed by atoms with Gasteiger partial charge in [0.15, 0.2) is 0 Å². The van der Waals surface area contributed by atoms with Crippen molar-refractivity contribution in [3.8, 4) is 0 Å². The molecule has 0 aromatic carbocycles. The topological polar surface area (TPSA) is 79.6 Å². The summed E-state index contributed by atoms with van der Waals surface area (Å²) >= 11 is 0. The predicted octanol–water partition coefficient (Wildman–Crippen LogP) is -0.219. The summed E-state index contributed by atoms with van der Waals surface area (Å²) in [5, 5.41) is 8.85. The number of aromatic nitrogens is 1. The Labute approximate surface area is 103 Å². The Morgan fingerprint density at radius 1 is 1.39 bits per heavy atom. The van der Waals surface area contributed by atoms with Crippen LogP contribution in [0.5, 0.6) is 0 Å². The maximum absolute atomic E-state index is 11.9. The standard InChI is InChI=1S/C12H14N2O4/c15-10-3-1-2-5-13(10)8-11(16)14-6-4-9(7-14)12(17)18/h1-3,5,9H,4,6-8H2,(H,17,18)/t9-/m0/s1. The lowest BCUT2D eigenvalue weighted by molar-refractivity contribution is -0.141. The summed E-state index contributed by atoms with van der Waals surface area (Å²) in [6.45, 7) is 0.638. The Bertz CT molecular complexity index is 523. The van der Waals surface area contributed by atoms with Crippen LogP contribution in [-0.2, 0) is 16.1 Å². The molecule has 0 radical (unpaired) electrons. The van der Waals surface area contributed by atoms with Gasteiger partial charge in [-0.25, -0.2) is 0 Å². The molecule has 1 saturated heterocycles. The van der Waals surface area contributed by atoms with Crippen LogP contribution in [0.25, 0.3) is 0 Å². The van der Waals surface area contributed by atoms with Gasteiger partial charge in [-0.2, -0.15) is 0 Å². The molecule has 1 atom stereocenters. The Balaban J connectivity index is 2.00. The highest BCUT2D eigenvalue weighted by Crippen LogP contribution is 2.16. The molecule has 6 heteroatoms. The summed E-state index contributed by atoms with van der Waals surface area (Å²) in [5.41, 5.74) is -0.236. The van der Waals surface area contributed by atoms with Crippen molar-refractivity contribution in [1.82, 2.24) is 9.47 Å². The number of carboxylic acids is 1.